The van der Waals surface area contributed by atoms with E-state index in [0.717, 1.165) is 9.87 Å². The summed E-state index contributed by atoms with van der Waals surface area (Å²) in [6.45, 7) is 3.04. The Morgan fingerprint density at radius 1 is 1.24 bits per heavy atom. The first-order chi connectivity index (χ1) is 9.46. The molecule has 1 N–H and O–H groups in total. The molecule has 1 aromatic rings. The third-order valence-corrected chi connectivity index (χ3v) is 5.17. The number of nitrogens with zero attached hydrogens (tertiary/aromatic N) is 1. The average Bonchev–Trinajstić information content (AvgIpc) is 2.34. The average molecular weight is 374 g/mol. The maximum absolute atomic E-state index is 12.5. The molecule has 0 aliphatic carbocycles. The van der Waals surface area contributed by atoms with E-state index < -0.39 is 25.9 Å². The number of amides is 1. The van der Waals surface area contributed by atoms with Gasteiger partial charge in [-0.05, 0) is 19.1 Å². The van der Waals surface area contributed by atoms with Gasteiger partial charge in [-0.15, -0.1) is 0 Å². The van der Waals surface area contributed by atoms with E-state index in [1.165, 1.54) is 26.1 Å². The number of carbonyl (C=O) groups excluding carboxylic acids is 1. The fraction of sp³-hybridized carbons (Fsp3) is 0.417. The molecule has 1 amide bonds. The van der Waals surface area contributed by atoms with Crippen LogP contribution in [0.3, 0.4) is 0 Å². The summed E-state index contributed by atoms with van der Waals surface area (Å²) in [5.41, 5.74) is 0.913. The van der Waals surface area contributed by atoms with Crippen LogP contribution in [0.2, 0.25) is 0 Å². The molecule has 0 fully saturated rings. The molecule has 0 radical (unpaired) electrons. The monoisotopic (exact) mass is 372 g/mol. The third kappa shape index (κ3) is 4.72. The molecule has 0 aliphatic rings. The summed E-state index contributed by atoms with van der Waals surface area (Å²) in [5, 5.41) is 2.32. The van der Waals surface area contributed by atoms with Crippen molar-refractivity contribution < 1.29 is 13.2 Å². The Hall–Kier alpha value is -0.530. The van der Waals surface area contributed by atoms with Crippen LogP contribution in [0.25, 0.3) is 0 Å². The predicted octanol–water partition coefficient (Wildman–Crippen LogP) is 2.45. The maximum atomic E-state index is 12.5. The fourth-order valence-electron chi connectivity index (χ4n) is 1.59. The van der Waals surface area contributed by atoms with Crippen molar-refractivity contribution in [2.45, 2.75) is 28.7 Å². The first-order valence-electron chi connectivity index (χ1n) is 5.85. The van der Waals surface area contributed by atoms with Gasteiger partial charge < -0.3 is 5.32 Å². The zero-order valence-corrected chi connectivity index (χ0v) is 14.7. The molecular weight excluding hydrogens is 359 g/mol. The van der Waals surface area contributed by atoms with Gasteiger partial charge in [-0.2, -0.15) is 4.31 Å². The summed E-state index contributed by atoms with van der Waals surface area (Å²) < 4.78 is 23.8. The van der Waals surface area contributed by atoms with Crippen LogP contribution in [0.4, 0.5) is 0 Å². The molecule has 0 aliphatic heterocycles. The van der Waals surface area contributed by atoms with Crippen molar-refractivity contribution in [2.75, 3.05) is 7.05 Å². The summed E-state index contributed by atoms with van der Waals surface area (Å²) in [7, 11) is -2.68. The number of benzene rings is 1. The second kappa shape index (κ2) is 6.71. The molecule has 0 heterocycles. The lowest BCUT2D eigenvalue weighted by Crippen LogP contribution is -2.55. The Bertz CT molecular complexity index is 612. The number of alkyl halides is 3. The number of sulfonamides is 1. The van der Waals surface area contributed by atoms with Crippen LogP contribution >= 0.6 is 34.8 Å². The molecule has 118 valence electrons. The van der Waals surface area contributed by atoms with Crippen LogP contribution in [-0.4, -0.2) is 35.6 Å². The Kier molecular flexibility index (Phi) is 5.91. The van der Waals surface area contributed by atoms with Crippen molar-refractivity contribution in [1.29, 1.82) is 0 Å². The lowest BCUT2D eigenvalue weighted by molar-refractivity contribution is -0.120. The van der Waals surface area contributed by atoms with Gasteiger partial charge in [0.25, 0.3) is 0 Å². The van der Waals surface area contributed by atoms with E-state index in [9.17, 15) is 13.2 Å². The highest BCUT2D eigenvalue weighted by atomic mass is 35.6. The van der Waals surface area contributed by atoms with Crippen molar-refractivity contribution in [3.05, 3.63) is 29.8 Å². The SMILES string of the molecule is CC(=O)NC(N(C)S(=O)(=O)c1ccc(C)cc1)C(Cl)(Cl)Cl. The molecule has 0 spiro atoms. The normalized spacial score (nSPS) is 14.0. The van der Waals surface area contributed by atoms with E-state index in [1.807, 2.05) is 6.92 Å². The molecule has 0 bridgehead atoms. The van der Waals surface area contributed by atoms with E-state index in [4.69, 9.17) is 34.8 Å². The van der Waals surface area contributed by atoms with Gasteiger partial charge in [-0.1, -0.05) is 52.5 Å². The first kappa shape index (κ1) is 18.5. The summed E-state index contributed by atoms with van der Waals surface area (Å²) in [6, 6.07) is 6.21. The highest BCUT2D eigenvalue weighted by Crippen LogP contribution is 2.33. The highest BCUT2D eigenvalue weighted by molar-refractivity contribution is 7.89. The van der Waals surface area contributed by atoms with Crippen molar-refractivity contribution in [3.8, 4) is 0 Å². The van der Waals surface area contributed by atoms with E-state index >= 15 is 0 Å². The maximum Gasteiger partial charge on any atom is 0.244 e. The van der Waals surface area contributed by atoms with Crippen LogP contribution < -0.4 is 5.32 Å². The molecule has 9 heteroatoms. The van der Waals surface area contributed by atoms with Crippen molar-refractivity contribution in [3.63, 3.8) is 0 Å². The molecule has 1 unspecified atom stereocenters. The van der Waals surface area contributed by atoms with Crippen LogP contribution in [0, 0.1) is 6.92 Å². The van der Waals surface area contributed by atoms with Gasteiger partial charge in [0.2, 0.25) is 19.7 Å². The smallest absolute Gasteiger partial charge is 0.244 e. The number of carbonyl (C=O) groups is 1. The topological polar surface area (TPSA) is 66.5 Å². The molecule has 21 heavy (non-hydrogen) atoms. The minimum Gasteiger partial charge on any atom is -0.336 e. The quantitative estimate of drug-likeness (QED) is 0.651. The standard InChI is InChI=1S/C12H15Cl3N2O3S/c1-8-4-6-10(7-5-8)21(19,20)17(3)11(12(13,14)15)16-9(2)18/h4-7,11H,1-3H3,(H,16,18). The fourth-order valence-corrected chi connectivity index (χ4v) is 3.66. The zero-order chi connectivity index (χ0) is 16.4. The number of rotatable bonds is 4. The molecular formula is C12H15Cl3N2O3S. The second-order valence-corrected chi connectivity index (χ2v) is 8.85. The van der Waals surface area contributed by atoms with Crippen molar-refractivity contribution in [2.24, 2.45) is 0 Å². The van der Waals surface area contributed by atoms with Crippen LogP contribution in [0.15, 0.2) is 29.2 Å². The molecule has 5 nitrogen and oxygen atoms in total. The van der Waals surface area contributed by atoms with Gasteiger partial charge in [-0.3, -0.25) is 4.79 Å². The second-order valence-electron chi connectivity index (χ2n) is 4.48. The lowest BCUT2D eigenvalue weighted by Gasteiger charge is -2.32. The van der Waals surface area contributed by atoms with E-state index in [-0.39, 0.29) is 4.90 Å². The number of aryl methyl sites for hydroxylation is 1. The Morgan fingerprint density at radius 2 is 1.71 bits per heavy atom. The van der Waals surface area contributed by atoms with Crippen molar-refractivity contribution in [1.82, 2.24) is 9.62 Å². The Balaban J connectivity index is 3.21. The summed E-state index contributed by atoms with van der Waals surface area (Å²) in [5.74, 6) is -0.516. The predicted molar refractivity (Wildman–Crippen MR) is 84.0 cm³/mol. The zero-order valence-electron chi connectivity index (χ0n) is 11.6. The highest BCUT2D eigenvalue weighted by Gasteiger charge is 2.41. The minimum atomic E-state index is -3.92. The van der Waals surface area contributed by atoms with Crippen LogP contribution in [0.1, 0.15) is 12.5 Å². The molecule has 1 aromatic carbocycles. The van der Waals surface area contributed by atoms with E-state index in [2.05, 4.69) is 5.32 Å². The van der Waals surface area contributed by atoms with Gasteiger partial charge in [0, 0.05) is 14.0 Å². The molecule has 0 saturated carbocycles. The summed E-state index contributed by atoms with van der Waals surface area (Å²) in [4.78, 5) is 11.2. The number of halogens is 3. The largest absolute Gasteiger partial charge is 0.336 e. The molecule has 0 aromatic heterocycles. The number of nitrogens with one attached hydrogen (secondary N) is 1. The molecule has 0 saturated heterocycles. The van der Waals surface area contributed by atoms with Gasteiger partial charge in [-0.25, -0.2) is 8.42 Å². The van der Waals surface area contributed by atoms with Crippen LogP contribution in [0.5, 0.6) is 0 Å². The summed E-state index contributed by atoms with van der Waals surface area (Å²) in [6.07, 6.45) is -1.33. The van der Waals surface area contributed by atoms with Gasteiger partial charge >= 0.3 is 0 Å². The Labute approximate surface area is 139 Å². The third-order valence-electron chi connectivity index (χ3n) is 2.71. The minimum absolute atomic E-state index is 0.0419. The van der Waals surface area contributed by atoms with Crippen LogP contribution in [-0.2, 0) is 14.8 Å². The molecule has 1 rings (SSSR count). The molecule has 1 atom stereocenters. The Morgan fingerprint density at radius 3 is 2.10 bits per heavy atom. The van der Waals surface area contributed by atoms with Gasteiger partial charge in [0.1, 0.15) is 6.17 Å². The lowest BCUT2D eigenvalue weighted by atomic mass is 10.2. The van der Waals surface area contributed by atoms with Crippen molar-refractivity contribution >= 4 is 50.7 Å². The first-order valence-corrected chi connectivity index (χ1v) is 8.42. The van der Waals surface area contributed by atoms with E-state index in [0.29, 0.717) is 0 Å². The summed E-state index contributed by atoms with van der Waals surface area (Å²) >= 11 is 17.3. The van der Waals surface area contributed by atoms with Gasteiger partial charge in [0.15, 0.2) is 0 Å². The number of hydrogen-bond acceptors (Lipinski definition) is 3. The van der Waals surface area contributed by atoms with Gasteiger partial charge in [0.05, 0.1) is 4.90 Å². The van der Waals surface area contributed by atoms with E-state index in [1.54, 1.807) is 12.1 Å². The number of hydrogen-bond donors (Lipinski definition) is 1.